The van der Waals surface area contributed by atoms with Gasteiger partial charge in [-0.2, -0.15) is 0 Å². The van der Waals surface area contributed by atoms with E-state index in [9.17, 15) is 5.11 Å². The van der Waals surface area contributed by atoms with Crippen LogP contribution < -0.4 is 18.9 Å². The Morgan fingerprint density at radius 2 is 0.409 bits per heavy atom. The summed E-state index contributed by atoms with van der Waals surface area (Å²) in [5, 5.41) is 10.1. The summed E-state index contributed by atoms with van der Waals surface area (Å²) in [5.41, 5.74) is 13.7. The molecular formula is C69H108O19. The molecule has 4 rings (SSSR count). The SMILES string of the molecule is Cc1cc(C)c(OCCOCCOCCOCC(COCC(COCC(CO)OCCOCCOCCOc2c(C)cc(C)cc2C)OCCOCCOCCOc2c(C)cc(C)cc2C)OCCOCCOCCOc2c(C)cc(C)cc2C)c(C)c1. The zero-order valence-corrected chi connectivity index (χ0v) is 55.4. The fourth-order valence-corrected chi connectivity index (χ4v) is 9.93. The predicted molar refractivity (Wildman–Crippen MR) is 340 cm³/mol. The minimum Gasteiger partial charge on any atom is -0.491 e. The van der Waals surface area contributed by atoms with Crippen molar-refractivity contribution in [3.8, 4) is 23.0 Å². The van der Waals surface area contributed by atoms with Crippen molar-refractivity contribution in [1.82, 2.24) is 0 Å². The van der Waals surface area contributed by atoms with Gasteiger partial charge in [-0.05, 0) is 128 Å². The number of hydrogen-bond acceptors (Lipinski definition) is 19. The van der Waals surface area contributed by atoms with Gasteiger partial charge in [0, 0.05) is 0 Å². The van der Waals surface area contributed by atoms with Crippen LogP contribution in [0.15, 0.2) is 48.5 Å². The lowest BCUT2D eigenvalue weighted by Gasteiger charge is -2.23. The molecule has 4 aromatic rings. The maximum atomic E-state index is 10.1. The van der Waals surface area contributed by atoms with Gasteiger partial charge in [0.25, 0.3) is 0 Å². The summed E-state index contributed by atoms with van der Waals surface area (Å²) >= 11 is 0. The van der Waals surface area contributed by atoms with Crippen molar-refractivity contribution in [2.24, 2.45) is 0 Å². The summed E-state index contributed by atoms with van der Waals surface area (Å²) in [6, 6.07) is 16.9. The van der Waals surface area contributed by atoms with Gasteiger partial charge in [0.05, 0.1) is 172 Å². The Balaban J connectivity index is 1.19. The van der Waals surface area contributed by atoms with Crippen LogP contribution in [-0.4, -0.2) is 222 Å². The first-order valence-electron chi connectivity index (χ1n) is 31.3. The van der Waals surface area contributed by atoms with Crippen LogP contribution in [0.25, 0.3) is 0 Å². The Bertz CT molecular complexity index is 2380. The molecule has 0 saturated heterocycles. The fraction of sp³-hybridized carbons (Fsp3) is 0.652. The van der Waals surface area contributed by atoms with Crippen LogP contribution in [0, 0.1) is 83.1 Å². The lowest BCUT2D eigenvalue weighted by molar-refractivity contribution is -0.117. The highest BCUT2D eigenvalue weighted by molar-refractivity contribution is 5.45. The van der Waals surface area contributed by atoms with E-state index in [1.165, 1.54) is 22.3 Å². The molecule has 498 valence electrons. The van der Waals surface area contributed by atoms with Crippen molar-refractivity contribution in [2.75, 3.05) is 198 Å². The van der Waals surface area contributed by atoms with Crippen LogP contribution in [-0.2, 0) is 66.3 Å². The zero-order chi connectivity index (χ0) is 63.6. The molecule has 19 heteroatoms. The van der Waals surface area contributed by atoms with E-state index in [2.05, 4.69) is 132 Å². The summed E-state index contributed by atoms with van der Waals surface area (Å²) in [4.78, 5) is 0. The number of ether oxygens (including phenoxy) is 18. The van der Waals surface area contributed by atoms with E-state index in [1.54, 1.807) is 0 Å². The monoisotopic (exact) mass is 1240 g/mol. The molecule has 4 aromatic carbocycles. The van der Waals surface area contributed by atoms with Crippen molar-refractivity contribution in [3.05, 3.63) is 115 Å². The van der Waals surface area contributed by atoms with Crippen LogP contribution >= 0.6 is 0 Å². The maximum Gasteiger partial charge on any atom is 0.125 e. The highest BCUT2D eigenvalue weighted by Gasteiger charge is 2.18. The molecule has 0 aliphatic carbocycles. The number of benzene rings is 4. The molecule has 0 aliphatic rings. The molecule has 3 unspecified atom stereocenters. The van der Waals surface area contributed by atoms with E-state index in [0.29, 0.717) is 145 Å². The van der Waals surface area contributed by atoms with Crippen molar-refractivity contribution >= 4 is 0 Å². The molecule has 19 nitrogen and oxygen atoms in total. The highest BCUT2D eigenvalue weighted by atomic mass is 16.6. The third-order valence-electron chi connectivity index (χ3n) is 13.6. The first-order valence-corrected chi connectivity index (χ1v) is 31.3. The van der Waals surface area contributed by atoms with Crippen LogP contribution in [0.5, 0.6) is 23.0 Å². The Hall–Kier alpha value is -4.52. The van der Waals surface area contributed by atoms with Crippen LogP contribution in [0.4, 0.5) is 0 Å². The molecular weight excluding hydrogens is 1130 g/mol. The Morgan fingerprint density at radius 1 is 0.227 bits per heavy atom. The van der Waals surface area contributed by atoms with Gasteiger partial charge in [0.2, 0.25) is 0 Å². The average molecular weight is 1240 g/mol. The van der Waals surface area contributed by atoms with Gasteiger partial charge in [-0.25, -0.2) is 0 Å². The van der Waals surface area contributed by atoms with Gasteiger partial charge in [-0.15, -0.1) is 0 Å². The lowest BCUT2D eigenvalue weighted by atomic mass is 10.1. The third-order valence-corrected chi connectivity index (χ3v) is 13.6. The fourth-order valence-electron chi connectivity index (χ4n) is 9.93. The van der Waals surface area contributed by atoms with E-state index < -0.39 is 18.3 Å². The molecule has 0 radical (unpaired) electrons. The summed E-state index contributed by atoms with van der Waals surface area (Å²) < 4.78 is 107. The lowest BCUT2D eigenvalue weighted by Crippen LogP contribution is -2.34. The smallest absolute Gasteiger partial charge is 0.125 e. The van der Waals surface area contributed by atoms with E-state index in [4.69, 9.17) is 85.3 Å². The average Bonchev–Trinajstić information content (AvgIpc) is 3.66. The summed E-state index contributed by atoms with van der Waals surface area (Å²) in [7, 11) is 0. The predicted octanol–water partition coefficient (Wildman–Crippen LogP) is 9.33. The summed E-state index contributed by atoms with van der Waals surface area (Å²) in [5.74, 6) is 3.61. The van der Waals surface area contributed by atoms with Gasteiger partial charge >= 0.3 is 0 Å². The summed E-state index contributed by atoms with van der Waals surface area (Å²) in [6.07, 6.45) is -1.49. The second-order valence-electron chi connectivity index (χ2n) is 22.0. The van der Waals surface area contributed by atoms with E-state index in [0.717, 1.165) is 67.5 Å². The van der Waals surface area contributed by atoms with E-state index >= 15 is 0 Å². The first kappa shape index (κ1) is 75.9. The molecule has 0 aliphatic heterocycles. The topological polar surface area (TPSA) is 186 Å². The number of aryl methyl sites for hydroxylation is 12. The molecule has 0 amide bonds. The van der Waals surface area contributed by atoms with Gasteiger partial charge in [0.15, 0.2) is 0 Å². The van der Waals surface area contributed by atoms with Gasteiger partial charge in [-0.3, -0.25) is 0 Å². The molecule has 88 heavy (non-hydrogen) atoms. The second kappa shape index (κ2) is 46.5. The van der Waals surface area contributed by atoms with Crippen LogP contribution in [0.2, 0.25) is 0 Å². The number of hydrogen-bond donors (Lipinski definition) is 1. The van der Waals surface area contributed by atoms with Crippen molar-refractivity contribution in [2.45, 2.75) is 101 Å². The Labute approximate surface area is 526 Å². The second-order valence-corrected chi connectivity index (χ2v) is 22.0. The van der Waals surface area contributed by atoms with Crippen LogP contribution in [0.1, 0.15) is 66.8 Å². The molecule has 0 bridgehead atoms. The molecule has 0 spiro atoms. The maximum absolute atomic E-state index is 10.1. The highest BCUT2D eigenvalue weighted by Crippen LogP contribution is 2.27. The van der Waals surface area contributed by atoms with Gasteiger partial charge < -0.3 is 90.4 Å². The quantitative estimate of drug-likeness (QED) is 0.0412. The molecule has 1 N–H and O–H groups in total. The minimum atomic E-state index is -0.573. The van der Waals surface area contributed by atoms with E-state index in [-0.39, 0.29) is 52.9 Å². The van der Waals surface area contributed by atoms with Gasteiger partial charge in [0.1, 0.15) is 67.7 Å². The molecule has 0 fully saturated rings. The third kappa shape index (κ3) is 33.0. The summed E-state index contributed by atoms with van der Waals surface area (Å²) in [6.45, 7) is 34.9. The first-order chi connectivity index (χ1) is 42.6. The number of aliphatic hydroxyl groups excluding tert-OH is 1. The largest absolute Gasteiger partial charge is 0.491 e. The van der Waals surface area contributed by atoms with Gasteiger partial charge in [-0.1, -0.05) is 70.8 Å². The Kier molecular flexibility index (Phi) is 40.2. The molecule has 3 atom stereocenters. The van der Waals surface area contributed by atoms with Crippen molar-refractivity contribution in [1.29, 1.82) is 0 Å². The molecule has 0 aromatic heterocycles. The molecule has 0 heterocycles. The zero-order valence-electron chi connectivity index (χ0n) is 55.4. The van der Waals surface area contributed by atoms with E-state index in [1.807, 2.05) is 0 Å². The number of aliphatic hydroxyl groups is 1. The minimum absolute atomic E-state index is 0.126. The molecule has 0 saturated carbocycles. The normalized spacial score (nSPS) is 12.6. The van der Waals surface area contributed by atoms with Crippen molar-refractivity contribution < 1.29 is 90.4 Å². The van der Waals surface area contributed by atoms with Crippen LogP contribution in [0.3, 0.4) is 0 Å². The standard InChI is InChI=1S/C69H108O19/c1-51-37-55(5)66(56(6)38-51)85-33-26-75-14-13-71-21-22-79-47-64(83-31-24-73-16-19-77-28-35-87-68-59(9)41-53(3)42-60(68)10)48-81-50-65(84-32-25-74-17-20-78-29-36-88-69-61(11)43-54(4)44-62(69)12)49-80-46-63(45-70)82-30-23-72-15-18-76-27-34-86-67-57(7)39-52(2)40-58(67)8/h37-44,63-65,70H,13-36,45-50H2,1-12H3. The van der Waals surface area contributed by atoms with Crippen molar-refractivity contribution in [3.63, 3.8) is 0 Å². The Morgan fingerprint density at radius 3 is 0.648 bits per heavy atom. The number of rotatable bonds is 54.